The average Bonchev–Trinajstić information content (AvgIpc) is 3.11. The van der Waals surface area contributed by atoms with E-state index in [0.29, 0.717) is 24.1 Å². The van der Waals surface area contributed by atoms with Gasteiger partial charge in [-0.1, -0.05) is 27.7 Å². The third-order valence-corrected chi connectivity index (χ3v) is 8.74. The molecule has 2 atom stereocenters. The van der Waals surface area contributed by atoms with Crippen LogP contribution in [0.25, 0.3) is 0 Å². The van der Waals surface area contributed by atoms with E-state index in [1.54, 1.807) is 18.4 Å². The highest BCUT2D eigenvalue weighted by molar-refractivity contribution is 7.89. The molecule has 0 spiro atoms. The Bertz CT molecular complexity index is 973. The largest absolute Gasteiger partial charge is 0.403 e. The van der Waals surface area contributed by atoms with Crippen molar-refractivity contribution in [2.24, 2.45) is 20.2 Å². The summed E-state index contributed by atoms with van der Waals surface area (Å²) in [5.41, 5.74) is 7.16. The molecule has 2 unspecified atom stereocenters. The van der Waals surface area contributed by atoms with Crippen LogP contribution in [0.2, 0.25) is 0 Å². The molecule has 180 valence electrons. The van der Waals surface area contributed by atoms with E-state index in [-0.39, 0.29) is 12.5 Å². The maximum absolute atomic E-state index is 13.6. The van der Waals surface area contributed by atoms with Crippen molar-refractivity contribution in [1.29, 1.82) is 0 Å². The monoisotopic (exact) mass is 482 g/mol. The first kappa shape index (κ1) is 26.5. The van der Waals surface area contributed by atoms with Gasteiger partial charge >= 0.3 is 0 Å². The zero-order chi connectivity index (χ0) is 24.1. The fourth-order valence-electron chi connectivity index (χ4n) is 3.97. The topological polar surface area (TPSA) is 117 Å². The Kier molecular flexibility index (Phi) is 9.44. The number of likely N-dealkylation sites (N-methyl/N-ethyl adjacent to an activating group) is 1. The molecule has 1 fully saturated rings. The van der Waals surface area contributed by atoms with Gasteiger partial charge in [0.05, 0.1) is 18.2 Å². The Hall–Kier alpha value is -1.75. The number of rotatable bonds is 8. The summed E-state index contributed by atoms with van der Waals surface area (Å²) in [7, 11) is 0.0589. The van der Waals surface area contributed by atoms with Gasteiger partial charge in [-0.05, 0) is 49.9 Å². The molecule has 8 nitrogen and oxygen atoms in total. The van der Waals surface area contributed by atoms with Crippen LogP contribution in [0, 0.1) is 0 Å². The molecule has 2 heterocycles. The number of nitrogens with zero attached hydrogens (tertiary/aromatic N) is 4. The summed E-state index contributed by atoms with van der Waals surface area (Å²) >= 11 is 1.72. The molecule has 1 aromatic heterocycles. The highest BCUT2D eigenvalue weighted by Gasteiger charge is 2.31. The number of amides is 1. The summed E-state index contributed by atoms with van der Waals surface area (Å²) in [5, 5.41) is 6.24. The van der Waals surface area contributed by atoms with Gasteiger partial charge in [0.15, 0.2) is 0 Å². The summed E-state index contributed by atoms with van der Waals surface area (Å²) < 4.78 is 19.2. The summed E-state index contributed by atoms with van der Waals surface area (Å²) in [6, 6.07) is 1.88. The van der Waals surface area contributed by atoms with Crippen molar-refractivity contribution in [3.8, 4) is 0 Å². The van der Waals surface area contributed by atoms with E-state index in [1.807, 2.05) is 7.05 Å². The lowest BCUT2D eigenvalue weighted by molar-refractivity contribution is -0.117. The van der Waals surface area contributed by atoms with Gasteiger partial charge in [-0.15, -0.1) is 15.7 Å². The van der Waals surface area contributed by atoms with Crippen LogP contribution in [0.4, 0.5) is 0 Å². The number of hydrogen-bond acceptors (Lipinski definition) is 6. The number of nitrogens with two attached hydrogens (primary N) is 2. The summed E-state index contributed by atoms with van der Waals surface area (Å²) in [6.07, 6.45) is 4.60. The highest BCUT2D eigenvalue weighted by Crippen LogP contribution is 2.34. The van der Waals surface area contributed by atoms with Gasteiger partial charge in [0.2, 0.25) is 10.1 Å². The molecule has 1 saturated heterocycles. The molecule has 1 aliphatic heterocycles. The van der Waals surface area contributed by atoms with Crippen molar-refractivity contribution in [3.63, 3.8) is 0 Å². The number of likely N-dealkylation sites (tertiary alicyclic amines) is 1. The van der Waals surface area contributed by atoms with Gasteiger partial charge in [0.25, 0.3) is 5.91 Å². The van der Waals surface area contributed by atoms with E-state index in [2.05, 4.69) is 48.0 Å². The van der Waals surface area contributed by atoms with Gasteiger partial charge in [0.1, 0.15) is 0 Å². The predicted molar refractivity (Wildman–Crippen MR) is 135 cm³/mol. The first-order valence-electron chi connectivity index (χ1n) is 11.0. The second-order valence-corrected chi connectivity index (χ2v) is 11.7. The van der Waals surface area contributed by atoms with Crippen LogP contribution in [0.1, 0.15) is 67.7 Å². The van der Waals surface area contributed by atoms with E-state index >= 15 is 0 Å². The lowest BCUT2D eigenvalue weighted by Gasteiger charge is -2.39. The second-order valence-electron chi connectivity index (χ2n) is 8.91. The zero-order valence-electron chi connectivity index (χ0n) is 20.1. The number of allylic oxidation sites excluding steroid dienone is 1. The van der Waals surface area contributed by atoms with Crippen molar-refractivity contribution in [1.82, 2.24) is 9.21 Å². The van der Waals surface area contributed by atoms with Crippen molar-refractivity contribution >= 4 is 33.6 Å². The lowest BCUT2D eigenvalue weighted by atomic mass is 10.0. The Morgan fingerprint density at radius 1 is 1.38 bits per heavy atom. The quantitative estimate of drug-likeness (QED) is 0.553. The normalized spacial score (nSPS) is 20.2. The molecule has 10 heteroatoms. The number of hydrogen-bond donors (Lipinski definition) is 2. The van der Waals surface area contributed by atoms with E-state index < -0.39 is 16.0 Å². The molecule has 0 saturated carbocycles. The lowest BCUT2D eigenvalue weighted by Crippen LogP contribution is -2.51. The Balaban J connectivity index is 2.42. The van der Waals surface area contributed by atoms with Crippen molar-refractivity contribution in [2.75, 3.05) is 27.2 Å². The van der Waals surface area contributed by atoms with E-state index in [1.165, 1.54) is 21.6 Å². The third kappa shape index (κ3) is 6.63. The van der Waals surface area contributed by atoms with Crippen molar-refractivity contribution in [2.45, 2.75) is 64.8 Å². The minimum Gasteiger partial charge on any atom is -0.403 e. The smallest absolute Gasteiger partial charge is 0.260 e. The van der Waals surface area contributed by atoms with E-state index in [4.69, 9.17) is 10.9 Å². The van der Waals surface area contributed by atoms with Crippen LogP contribution in [0.5, 0.6) is 0 Å². The molecule has 1 amide bonds. The van der Waals surface area contributed by atoms with Gasteiger partial charge in [-0.25, -0.2) is 9.35 Å². The van der Waals surface area contributed by atoms with Crippen molar-refractivity contribution in [3.05, 3.63) is 33.3 Å². The molecule has 0 radical (unpaired) electrons. The van der Waals surface area contributed by atoms with E-state index in [9.17, 15) is 9.00 Å². The fourth-order valence-corrected chi connectivity index (χ4v) is 6.62. The molecule has 1 aliphatic rings. The maximum atomic E-state index is 13.6. The summed E-state index contributed by atoms with van der Waals surface area (Å²) in [4.78, 5) is 21.5. The Morgan fingerprint density at radius 3 is 2.59 bits per heavy atom. The predicted octanol–water partition coefficient (Wildman–Crippen LogP) is 3.22. The van der Waals surface area contributed by atoms with Gasteiger partial charge in [-0.3, -0.25) is 14.1 Å². The minimum absolute atomic E-state index is 0.0763. The summed E-state index contributed by atoms with van der Waals surface area (Å²) in [6.45, 7) is 10.1. The zero-order valence-corrected chi connectivity index (χ0v) is 21.7. The first-order chi connectivity index (χ1) is 15.0. The summed E-state index contributed by atoms with van der Waals surface area (Å²) in [5.74, 6) is 0.173. The van der Waals surface area contributed by atoms with Gasteiger partial charge < -0.3 is 10.6 Å². The molecule has 1 aromatic rings. The highest BCUT2D eigenvalue weighted by atomic mass is 32.2. The maximum Gasteiger partial charge on any atom is 0.260 e. The molecule has 0 bridgehead atoms. The van der Waals surface area contributed by atoms with Crippen LogP contribution in [0.15, 0.2) is 27.3 Å². The number of thiophene rings is 1. The molecule has 0 aromatic carbocycles. The number of carbonyl (C=O) groups excluding carboxylic acids is 1. The van der Waals surface area contributed by atoms with Crippen LogP contribution >= 0.6 is 11.3 Å². The average molecular weight is 483 g/mol. The molecular formula is C22H38N6O2S2. The first-order valence-corrected chi connectivity index (χ1v) is 13.4. The Morgan fingerprint density at radius 2 is 2.06 bits per heavy atom. The third-order valence-electron chi connectivity index (χ3n) is 5.43. The Labute approximate surface area is 197 Å². The SMILES string of the molecule is CN=C/C(=C\N)N(C1CCCN(C)C1)S(N)(=O)=NC(=O)Cc1cc(C(C)C)sc1C(C)C. The molecule has 4 N–H and O–H groups in total. The number of aliphatic imine (C=N–C) groups is 1. The molecule has 2 rings (SSSR count). The number of piperidine rings is 1. The van der Waals surface area contributed by atoms with Crippen LogP contribution in [-0.4, -0.2) is 58.8 Å². The standard InChI is InChI=1S/C22H38N6O2S2/c1-15(2)20-10-17(22(31-20)16(3)4)11-21(29)26-32(24,30)28(19(12-23)13-25-5)18-8-7-9-27(6)14-18/h10,12-13,15-16,18H,7-9,11,14,23H2,1-6H3,(H2,24,26,29,30)/b19-12+,25-13?. The van der Waals surface area contributed by atoms with Crippen LogP contribution < -0.4 is 10.9 Å². The number of carbonyl (C=O) groups is 1. The second kappa shape index (κ2) is 11.4. The van der Waals surface area contributed by atoms with Gasteiger partial charge in [-0.2, -0.15) is 0 Å². The fraction of sp³-hybridized carbons (Fsp3) is 0.636. The van der Waals surface area contributed by atoms with E-state index in [0.717, 1.165) is 29.8 Å². The molecule has 0 aliphatic carbocycles. The molecular weight excluding hydrogens is 444 g/mol. The van der Waals surface area contributed by atoms with Crippen LogP contribution in [0.3, 0.4) is 0 Å². The van der Waals surface area contributed by atoms with Crippen molar-refractivity contribution < 1.29 is 9.00 Å². The van der Waals surface area contributed by atoms with Crippen LogP contribution in [-0.2, 0) is 21.3 Å². The minimum atomic E-state index is -3.54. The molecule has 32 heavy (non-hydrogen) atoms. The van der Waals surface area contributed by atoms with Gasteiger partial charge in [0, 0.05) is 35.8 Å².